The summed E-state index contributed by atoms with van der Waals surface area (Å²) in [5.74, 6) is 0.793. The van der Waals surface area contributed by atoms with Crippen LogP contribution in [0.5, 0.6) is 0 Å². The molecule has 1 fully saturated rings. The summed E-state index contributed by atoms with van der Waals surface area (Å²) in [5.41, 5.74) is 0. The Hall–Kier alpha value is 0.170. The molecular weight excluding hydrogens is 226 g/mol. The summed E-state index contributed by atoms with van der Waals surface area (Å²) >= 11 is 5.64. The number of likely N-dealkylation sites (tertiary alicyclic amines) is 1. The van der Waals surface area contributed by atoms with Gasteiger partial charge in [-0.2, -0.15) is 0 Å². The molecule has 2 unspecified atom stereocenters. The van der Waals surface area contributed by atoms with Crippen molar-refractivity contribution in [1.82, 2.24) is 4.90 Å². The highest BCUT2D eigenvalue weighted by molar-refractivity contribution is 6.17. The summed E-state index contributed by atoms with van der Waals surface area (Å²) in [7, 11) is 3.53. The lowest BCUT2D eigenvalue weighted by atomic mass is 10.2. The minimum atomic E-state index is 0.243. The normalized spacial score (nSPS) is 26.4. The van der Waals surface area contributed by atoms with Crippen LogP contribution in [0.2, 0.25) is 0 Å². The molecule has 0 N–H and O–H groups in total. The van der Waals surface area contributed by atoms with Crippen molar-refractivity contribution in [3.05, 3.63) is 0 Å². The van der Waals surface area contributed by atoms with Gasteiger partial charge in [0.2, 0.25) is 0 Å². The molecular formula is C12H24ClNO2. The SMILES string of the molecule is COC1CN(CCCCCCCl)CC1OC. The van der Waals surface area contributed by atoms with Crippen molar-refractivity contribution in [2.24, 2.45) is 0 Å². The highest BCUT2D eigenvalue weighted by Gasteiger charge is 2.32. The number of alkyl halides is 1. The Balaban J connectivity index is 2.10. The van der Waals surface area contributed by atoms with E-state index in [1.54, 1.807) is 14.2 Å². The summed E-state index contributed by atoms with van der Waals surface area (Å²) < 4.78 is 10.8. The van der Waals surface area contributed by atoms with Crippen LogP contribution in [0.15, 0.2) is 0 Å². The third-order valence-electron chi connectivity index (χ3n) is 3.25. The lowest BCUT2D eigenvalue weighted by molar-refractivity contribution is -0.00461. The molecule has 0 bridgehead atoms. The lowest BCUT2D eigenvalue weighted by Crippen LogP contribution is -2.27. The van der Waals surface area contributed by atoms with E-state index in [1.807, 2.05) is 0 Å². The lowest BCUT2D eigenvalue weighted by Gasteiger charge is -2.14. The van der Waals surface area contributed by atoms with Gasteiger partial charge in [-0.05, 0) is 19.4 Å². The fourth-order valence-electron chi connectivity index (χ4n) is 2.24. The Labute approximate surface area is 104 Å². The Kier molecular flexibility index (Phi) is 7.37. The molecule has 16 heavy (non-hydrogen) atoms. The number of unbranched alkanes of at least 4 members (excludes halogenated alkanes) is 3. The molecule has 1 aliphatic heterocycles. The Bertz CT molecular complexity index is 168. The molecule has 1 rings (SSSR count). The van der Waals surface area contributed by atoms with Gasteiger partial charge < -0.3 is 9.47 Å². The van der Waals surface area contributed by atoms with E-state index >= 15 is 0 Å². The average molecular weight is 250 g/mol. The van der Waals surface area contributed by atoms with Crippen LogP contribution in [0.1, 0.15) is 25.7 Å². The first kappa shape index (κ1) is 14.2. The van der Waals surface area contributed by atoms with E-state index in [9.17, 15) is 0 Å². The molecule has 1 heterocycles. The summed E-state index contributed by atoms with van der Waals surface area (Å²) in [5, 5.41) is 0. The molecule has 0 aromatic rings. The van der Waals surface area contributed by atoms with Crippen LogP contribution in [0, 0.1) is 0 Å². The molecule has 0 aliphatic carbocycles. The average Bonchev–Trinajstić information content (AvgIpc) is 2.71. The molecule has 0 amide bonds. The third kappa shape index (κ3) is 4.58. The van der Waals surface area contributed by atoms with Crippen LogP contribution < -0.4 is 0 Å². The number of methoxy groups -OCH3 is 2. The quantitative estimate of drug-likeness (QED) is 0.486. The molecule has 2 atom stereocenters. The van der Waals surface area contributed by atoms with Crippen molar-refractivity contribution >= 4 is 11.6 Å². The zero-order valence-corrected chi connectivity index (χ0v) is 11.2. The molecule has 1 aliphatic rings. The van der Waals surface area contributed by atoms with Gasteiger partial charge in [-0.25, -0.2) is 0 Å². The van der Waals surface area contributed by atoms with Crippen molar-refractivity contribution in [3.63, 3.8) is 0 Å². The van der Waals surface area contributed by atoms with Crippen molar-refractivity contribution < 1.29 is 9.47 Å². The summed E-state index contributed by atoms with van der Waals surface area (Å²) in [6.07, 6.45) is 5.41. The van der Waals surface area contributed by atoms with Crippen molar-refractivity contribution in [2.45, 2.75) is 37.9 Å². The number of rotatable bonds is 8. The van der Waals surface area contributed by atoms with Gasteiger partial charge in [0.15, 0.2) is 0 Å². The summed E-state index contributed by atoms with van der Waals surface area (Å²) in [4.78, 5) is 2.43. The van der Waals surface area contributed by atoms with Crippen LogP contribution in [0.25, 0.3) is 0 Å². The maximum atomic E-state index is 5.64. The Morgan fingerprint density at radius 3 is 2.06 bits per heavy atom. The first-order valence-corrected chi connectivity index (χ1v) is 6.69. The zero-order chi connectivity index (χ0) is 11.8. The van der Waals surface area contributed by atoms with Gasteiger partial charge in [-0.1, -0.05) is 12.8 Å². The van der Waals surface area contributed by atoms with Gasteiger partial charge in [0, 0.05) is 33.2 Å². The van der Waals surface area contributed by atoms with Crippen molar-refractivity contribution in [1.29, 1.82) is 0 Å². The van der Waals surface area contributed by atoms with Gasteiger partial charge in [0.25, 0.3) is 0 Å². The largest absolute Gasteiger partial charge is 0.377 e. The predicted molar refractivity (Wildman–Crippen MR) is 67.2 cm³/mol. The number of halogens is 1. The van der Waals surface area contributed by atoms with E-state index in [1.165, 1.54) is 19.3 Å². The standard InChI is InChI=1S/C12H24ClNO2/c1-15-11-9-14(10-12(11)16-2)8-6-4-3-5-7-13/h11-12H,3-10H2,1-2H3. The molecule has 1 saturated heterocycles. The maximum Gasteiger partial charge on any atom is 0.0971 e. The molecule has 0 aromatic heterocycles. The van der Waals surface area contributed by atoms with Crippen LogP contribution in [-0.4, -0.2) is 56.8 Å². The van der Waals surface area contributed by atoms with E-state index in [4.69, 9.17) is 21.1 Å². The monoisotopic (exact) mass is 249 g/mol. The maximum absolute atomic E-state index is 5.64. The van der Waals surface area contributed by atoms with E-state index in [-0.39, 0.29) is 12.2 Å². The first-order valence-electron chi connectivity index (χ1n) is 6.15. The van der Waals surface area contributed by atoms with Gasteiger partial charge in [-0.15, -0.1) is 11.6 Å². The van der Waals surface area contributed by atoms with Gasteiger partial charge in [-0.3, -0.25) is 4.90 Å². The van der Waals surface area contributed by atoms with Crippen LogP contribution in [0.3, 0.4) is 0 Å². The van der Waals surface area contributed by atoms with E-state index in [2.05, 4.69) is 4.90 Å². The molecule has 4 heteroatoms. The molecule has 0 aromatic carbocycles. The predicted octanol–water partition coefficient (Wildman–Crippen LogP) is 2.13. The van der Waals surface area contributed by atoms with Gasteiger partial charge in [0.05, 0.1) is 12.2 Å². The zero-order valence-electron chi connectivity index (χ0n) is 10.5. The highest BCUT2D eigenvalue weighted by Crippen LogP contribution is 2.16. The van der Waals surface area contributed by atoms with Gasteiger partial charge >= 0.3 is 0 Å². The fourth-order valence-corrected chi connectivity index (χ4v) is 2.43. The fraction of sp³-hybridized carbons (Fsp3) is 1.00. The topological polar surface area (TPSA) is 21.7 Å². The minimum absolute atomic E-state index is 0.243. The number of hydrogen-bond donors (Lipinski definition) is 0. The molecule has 3 nitrogen and oxygen atoms in total. The second-order valence-electron chi connectivity index (χ2n) is 4.41. The number of hydrogen-bond acceptors (Lipinski definition) is 3. The Morgan fingerprint density at radius 1 is 1.00 bits per heavy atom. The summed E-state index contributed by atoms with van der Waals surface area (Å²) in [6.45, 7) is 3.16. The Morgan fingerprint density at radius 2 is 1.56 bits per heavy atom. The van der Waals surface area contributed by atoms with Gasteiger partial charge in [0.1, 0.15) is 0 Å². The number of nitrogens with zero attached hydrogens (tertiary/aromatic N) is 1. The van der Waals surface area contributed by atoms with Crippen LogP contribution >= 0.6 is 11.6 Å². The first-order chi connectivity index (χ1) is 7.81. The second-order valence-corrected chi connectivity index (χ2v) is 4.79. The van der Waals surface area contributed by atoms with Crippen LogP contribution in [0.4, 0.5) is 0 Å². The molecule has 0 radical (unpaired) electrons. The second kappa shape index (κ2) is 8.29. The third-order valence-corrected chi connectivity index (χ3v) is 3.52. The smallest absolute Gasteiger partial charge is 0.0971 e. The highest BCUT2D eigenvalue weighted by atomic mass is 35.5. The van der Waals surface area contributed by atoms with Crippen LogP contribution in [-0.2, 0) is 9.47 Å². The van der Waals surface area contributed by atoms with Crippen molar-refractivity contribution in [3.8, 4) is 0 Å². The number of ether oxygens (including phenoxy) is 2. The van der Waals surface area contributed by atoms with E-state index < -0.39 is 0 Å². The minimum Gasteiger partial charge on any atom is -0.377 e. The van der Waals surface area contributed by atoms with E-state index in [0.29, 0.717) is 0 Å². The van der Waals surface area contributed by atoms with E-state index in [0.717, 1.165) is 31.9 Å². The van der Waals surface area contributed by atoms with Crippen molar-refractivity contribution in [2.75, 3.05) is 39.7 Å². The molecule has 0 saturated carbocycles. The molecule has 0 spiro atoms. The molecule has 96 valence electrons. The summed E-state index contributed by atoms with van der Waals surface area (Å²) in [6, 6.07) is 0.